The molecule has 0 unspecified atom stereocenters. The maximum atomic E-state index is 5.77. The van der Waals surface area contributed by atoms with E-state index in [2.05, 4.69) is 0 Å². The summed E-state index contributed by atoms with van der Waals surface area (Å²) >= 11 is 11.2. The van der Waals surface area contributed by atoms with Gasteiger partial charge in [0, 0.05) is 5.54 Å². The van der Waals surface area contributed by atoms with Gasteiger partial charge in [-0.1, -0.05) is 53.0 Å². The maximum Gasteiger partial charge on any atom is 0.0591 e. The molecule has 1 aromatic rings. The fraction of sp³-hybridized carbons (Fsp3) is 0.111. The minimum Gasteiger partial charge on any atom is -0.0913 e. The minimum absolute atomic E-state index is 0.576. The Kier molecular flexibility index (Phi) is 2.98. The van der Waals surface area contributed by atoms with E-state index in [-0.39, 0.29) is 0 Å². The van der Waals surface area contributed by atoms with Gasteiger partial charge in [0.15, 0.2) is 0 Å². The molecule has 0 spiro atoms. The quantitative estimate of drug-likeness (QED) is 0.627. The number of aryl methyl sites for hydroxylation is 1. The lowest BCUT2D eigenvalue weighted by atomic mass is 10.1. The molecule has 0 atom stereocenters. The van der Waals surface area contributed by atoms with Crippen molar-refractivity contribution >= 4 is 28.2 Å². The number of halogens is 2. The summed E-state index contributed by atoms with van der Waals surface area (Å²) in [6.07, 6.45) is 0. The van der Waals surface area contributed by atoms with Crippen LogP contribution in [-0.4, -0.2) is 0 Å². The lowest BCUT2D eigenvalue weighted by molar-refractivity contribution is 1.46. The van der Waals surface area contributed by atoms with E-state index < -0.39 is 0 Å². The third-order valence-electron chi connectivity index (χ3n) is 1.42. The maximum absolute atomic E-state index is 5.77. The van der Waals surface area contributed by atoms with Gasteiger partial charge in [0.25, 0.3) is 0 Å². The fourth-order valence-corrected chi connectivity index (χ4v) is 1.03. The van der Waals surface area contributed by atoms with Gasteiger partial charge in [0.05, 0.1) is 5.03 Å². The van der Waals surface area contributed by atoms with Gasteiger partial charge in [0.1, 0.15) is 0 Å². The van der Waals surface area contributed by atoms with Gasteiger partial charge in [0.2, 0.25) is 0 Å². The van der Waals surface area contributed by atoms with Crippen molar-refractivity contribution in [3.8, 4) is 0 Å². The molecular formula is C9H8Cl2. The second kappa shape index (κ2) is 3.80. The number of rotatable bonds is 1. The van der Waals surface area contributed by atoms with E-state index in [1.807, 2.05) is 31.2 Å². The molecule has 0 nitrogen and oxygen atoms in total. The van der Waals surface area contributed by atoms with Crippen molar-refractivity contribution in [2.75, 3.05) is 0 Å². The molecule has 0 aliphatic carbocycles. The van der Waals surface area contributed by atoms with E-state index in [0.717, 1.165) is 5.56 Å². The van der Waals surface area contributed by atoms with Gasteiger partial charge in [-0.2, -0.15) is 0 Å². The highest BCUT2D eigenvalue weighted by Crippen LogP contribution is 2.19. The summed E-state index contributed by atoms with van der Waals surface area (Å²) in [6.45, 7) is 2.03. The van der Waals surface area contributed by atoms with Crippen molar-refractivity contribution in [1.82, 2.24) is 0 Å². The second-order valence-electron chi connectivity index (χ2n) is 2.32. The molecule has 58 valence electrons. The summed E-state index contributed by atoms with van der Waals surface area (Å²) in [5, 5.41) is 0.576. The van der Waals surface area contributed by atoms with Gasteiger partial charge < -0.3 is 0 Å². The first kappa shape index (κ1) is 8.63. The van der Waals surface area contributed by atoms with Crippen molar-refractivity contribution in [1.29, 1.82) is 0 Å². The molecule has 0 aromatic heterocycles. The summed E-state index contributed by atoms with van der Waals surface area (Å²) in [6, 6.07) is 7.88. The Morgan fingerprint density at radius 3 is 2.27 bits per heavy atom. The molecule has 0 radical (unpaired) electrons. The Morgan fingerprint density at radius 2 is 1.82 bits per heavy atom. The summed E-state index contributed by atoms with van der Waals surface area (Å²) in [5.41, 5.74) is 3.53. The van der Waals surface area contributed by atoms with E-state index in [1.165, 1.54) is 11.1 Å². The molecule has 11 heavy (non-hydrogen) atoms. The second-order valence-corrected chi connectivity index (χ2v) is 2.95. The summed E-state index contributed by atoms with van der Waals surface area (Å²) in [5.74, 6) is 0. The molecule has 0 aliphatic heterocycles. The monoisotopic (exact) mass is 186 g/mol. The Morgan fingerprint density at radius 1 is 1.27 bits per heavy atom. The lowest BCUT2D eigenvalue weighted by Crippen LogP contribution is -1.76. The normalized spacial score (nSPS) is 11.7. The number of benzene rings is 1. The van der Waals surface area contributed by atoms with Crippen LogP contribution in [-0.2, 0) is 0 Å². The molecule has 0 amide bonds. The van der Waals surface area contributed by atoms with Crippen LogP contribution >= 0.6 is 23.2 Å². The highest BCUT2D eigenvalue weighted by atomic mass is 35.5. The van der Waals surface area contributed by atoms with Gasteiger partial charge >= 0.3 is 0 Å². The topological polar surface area (TPSA) is 0 Å². The van der Waals surface area contributed by atoms with Gasteiger partial charge in [-0.3, -0.25) is 0 Å². The number of hydrogen-bond donors (Lipinski definition) is 0. The van der Waals surface area contributed by atoms with Gasteiger partial charge in [-0.05, 0) is 12.5 Å². The molecule has 0 heterocycles. The van der Waals surface area contributed by atoms with E-state index in [1.54, 1.807) is 0 Å². The average molecular weight is 187 g/mol. The van der Waals surface area contributed by atoms with Crippen molar-refractivity contribution < 1.29 is 0 Å². The van der Waals surface area contributed by atoms with E-state index in [9.17, 15) is 0 Å². The highest BCUT2D eigenvalue weighted by Gasteiger charge is 1.94. The molecule has 1 rings (SSSR count). The molecular weight excluding hydrogens is 179 g/mol. The first-order valence-electron chi connectivity index (χ1n) is 3.27. The largest absolute Gasteiger partial charge is 0.0913 e. The molecule has 0 saturated heterocycles. The summed E-state index contributed by atoms with van der Waals surface area (Å²) in [4.78, 5) is 0. The van der Waals surface area contributed by atoms with Crippen molar-refractivity contribution in [2.24, 2.45) is 0 Å². The van der Waals surface area contributed by atoms with Crippen LogP contribution in [0.4, 0.5) is 0 Å². The van der Waals surface area contributed by atoms with Crippen LogP contribution in [0.15, 0.2) is 29.8 Å². The number of hydrogen-bond acceptors (Lipinski definition) is 0. The van der Waals surface area contributed by atoms with Crippen LogP contribution in [0.3, 0.4) is 0 Å². The van der Waals surface area contributed by atoms with Gasteiger partial charge in [-0.15, -0.1) is 0 Å². The fourth-order valence-electron chi connectivity index (χ4n) is 0.776. The Labute approximate surface area is 76.4 Å². The van der Waals surface area contributed by atoms with Crippen molar-refractivity contribution in [3.05, 3.63) is 40.9 Å². The first-order valence-corrected chi connectivity index (χ1v) is 4.08. The zero-order valence-corrected chi connectivity index (χ0v) is 7.65. The third kappa shape index (κ3) is 2.25. The van der Waals surface area contributed by atoms with Crippen LogP contribution in [0.2, 0.25) is 0 Å². The molecule has 0 aliphatic rings. The summed E-state index contributed by atoms with van der Waals surface area (Å²) < 4.78 is 0. The van der Waals surface area contributed by atoms with Crippen LogP contribution in [0.1, 0.15) is 11.1 Å². The third-order valence-corrected chi connectivity index (χ3v) is 2.08. The zero-order chi connectivity index (χ0) is 8.27. The first-order chi connectivity index (χ1) is 5.24. The smallest absolute Gasteiger partial charge is 0.0591 e. The summed E-state index contributed by atoms with van der Waals surface area (Å²) in [7, 11) is 0. The van der Waals surface area contributed by atoms with Crippen LogP contribution in [0.25, 0.3) is 5.03 Å². The Balaban J connectivity index is 2.99. The van der Waals surface area contributed by atoms with Gasteiger partial charge in [-0.25, -0.2) is 0 Å². The molecule has 2 heteroatoms. The molecule has 0 fully saturated rings. The van der Waals surface area contributed by atoms with Crippen molar-refractivity contribution in [3.63, 3.8) is 0 Å². The predicted molar refractivity (Wildman–Crippen MR) is 50.9 cm³/mol. The van der Waals surface area contributed by atoms with Crippen LogP contribution < -0.4 is 0 Å². The average Bonchev–Trinajstić information content (AvgIpc) is 2.05. The standard InChI is InChI=1S/C9H8Cl2/c1-7-2-4-8(5-3-7)9(11)6-10/h2-6H,1H3/b9-6-. The molecule has 0 saturated carbocycles. The van der Waals surface area contributed by atoms with Crippen LogP contribution in [0, 0.1) is 6.92 Å². The van der Waals surface area contributed by atoms with E-state index >= 15 is 0 Å². The predicted octanol–water partition coefficient (Wildman–Crippen LogP) is 3.77. The Hall–Kier alpha value is -0.460. The minimum atomic E-state index is 0.576. The van der Waals surface area contributed by atoms with Crippen molar-refractivity contribution in [2.45, 2.75) is 6.92 Å². The Bertz CT molecular complexity index is 259. The van der Waals surface area contributed by atoms with Crippen LogP contribution in [0.5, 0.6) is 0 Å². The molecule has 1 aromatic carbocycles. The zero-order valence-electron chi connectivity index (χ0n) is 6.14. The lowest BCUT2D eigenvalue weighted by Gasteiger charge is -1.97. The molecule has 0 N–H and O–H groups in total. The van der Waals surface area contributed by atoms with E-state index in [0.29, 0.717) is 5.03 Å². The van der Waals surface area contributed by atoms with E-state index in [4.69, 9.17) is 23.2 Å². The SMILES string of the molecule is Cc1ccc(/C(Cl)=C/Cl)cc1. The highest BCUT2D eigenvalue weighted by molar-refractivity contribution is 6.52. The molecule has 0 bridgehead atoms.